The highest BCUT2D eigenvalue weighted by Gasteiger charge is 2.48. The average molecular weight is 954 g/mol. The van der Waals surface area contributed by atoms with Gasteiger partial charge in [0, 0.05) is 45.5 Å². The SMILES string of the molecule is Cc1cc(C(C)(C)C)ccc1N1c2ccc(-c3ccccc3)cc2B2c3cc4c(cc3N(c3ccc5c(c3)C(C)(C)CCC5(C)C)c3cc(N(c5ccccc5)c5ccccc5)cc1c32)C(C)(C)CCC4(C)C. The molecule has 4 heteroatoms. The summed E-state index contributed by atoms with van der Waals surface area (Å²) < 4.78 is 0. The number of nitrogens with zero attached hydrogens (tertiary/aromatic N) is 3. The molecule has 2 heterocycles. The zero-order valence-corrected chi connectivity index (χ0v) is 45.4. The fourth-order valence-electron chi connectivity index (χ4n) is 13.2. The minimum absolute atomic E-state index is 0.00801. The Morgan fingerprint density at radius 2 is 0.918 bits per heavy atom. The molecule has 0 aromatic heterocycles. The molecule has 4 aliphatic rings. The Hall–Kier alpha value is -6.78. The second-order valence-corrected chi connectivity index (χ2v) is 25.6. The quantitative estimate of drug-likeness (QED) is 0.154. The molecule has 8 aromatic rings. The van der Waals surface area contributed by atoms with Crippen LogP contribution in [0.25, 0.3) is 11.1 Å². The van der Waals surface area contributed by atoms with Gasteiger partial charge >= 0.3 is 0 Å². The van der Waals surface area contributed by atoms with E-state index in [0.29, 0.717) is 0 Å². The Morgan fingerprint density at radius 3 is 1.49 bits per heavy atom. The summed E-state index contributed by atoms with van der Waals surface area (Å²) in [7, 11) is 0. The Labute approximate surface area is 437 Å². The fraction of sp³-hybridized carbons (Fsp3) is 0.304. The van der Waals surface area contributed by atoms with Gasteiger partial charge in [-0.15, -0.1) is 0 Å². The van der Waals surface area contributed by atoms with Crippen LogP contribution in [0.5, 0.6) is 0 Å². The van der Waals surface area contributed by atoms with Crippen LogP contribution in [0.3, 0.4) is 0 Å². The minimum Gasteiger partial charge on any atom is -0.311 e. The van der Waals surface area contributed by atoms with E-state index in [4.69, 9.17) is 0 Å². The van der Waals surface area contributed by atoms with Crippen molar-refractivity contribution in [2.45, 2.75) is 136 Å². The average Bonchev–Trinajstić information content (AvgIpc) is 3.37. The molecule has 0 saturated carbocycles. The molecule has 3 nitrogen and oxygen atoms in total. The van der Waals surface area contributed by atoms with Crippen molar-refractivity contribution in [3.8, 4) is 11.1 Å². The van der Waals surface area contributed by atoms with Crippen molar-refractivity contribution in [3.63, 3.8) is 0 Å². The second kappa shape index (κ2) is 16.6. The monoisotopic (exact) mass is 954 g/mol. The van der Waals surface area contributed by atoms with E-state index in [1.165, 1.54) is 101 Å². The van der Waals surface area contributed by atoms with Gasteiger partial charge in [0.1, 0.15) is 0 Å². The Kier molecular flexibility index (Phi) is 10.8. The highest BCUT2D eigenvalue weighted by Crippen LogP contribution is 2.54. The van der Waals surface area contributed by atoms with Crippen molar-refractivity contribution in [1.82, 2.24) is 0 Å². The first-order valence-electron chi connectivity index (χ1n) is 27.0. The fourth-order valence-corrected chi connectivity index (χ4v) is 13.2. The molecule has 0 saturated heterocycles. The number of benzene rings is 8. The highest BCUT2D eigenvalue weighted by molar-refractivity contribution is 7.00. The van der Waals surface area contributed by atoms with Crippen LogP contribution in [-0.2, 0) is 27.1 Å². The molecule has 0 N–H and O–H groups in total. The van der Waals surface area contributed by atoms with Crippen LogP contribution < -0.4 is 31.1 Å². The number of hydrogen-bond acceptors (Lipinski definition) is 3. The molecule has 73 heavy (non-hydrogen) atoms. The van der Waals surface area contributed by atoms with E-state index in [1.54, 1.807) is 0 Å². The van der Waals surface area contributed by atoms with Crippen LogP contribution in [0.1, 0.15) is 135 Å². The van der Waals surface area contributed by atoms with E-state index in [9.17, 15) is 0 Å². The number of fused-ring (bicyclic) bond motifs is 6. The first-order valence-corrected chi connectivity index (χ1v) is 27.0. The summed E-state index contributed by atoms with van der Waals surface area (Å²) in [5.74, 6) is 0. The first kappa shape index (κ1) is 47.2. The van der Waals surface area contributed by atoms with E-state index >= 15 is 0 Å². The highest BCUT2D eigenvalue weighted by atomic mass is 15.2. The topological polar surface area (TPSA) is 9.72 Å². The maximum Gasteiger partial charge on any atom is 0.252 e. The lowest BCUT2D eigenvalue weighted by Gasteiger charge is -2.48. The predicted octanol–water partition coefficient (Wildman–Crippen LogP) is 17.2. The van der Waals surface area contributed by atoms with E-state index in [0.717, 1.165) is 36.3 Å². The number of anilines is 9. The molecule has 366 valence electrons. The molecule has 2 aliphatic carbocycles. The van der Waals surface area contributed by atoms with Gasteiger partial charge in [-0.05, 0) is 187 Å². The summed E-state index contributed by atoms with van der Waals surface area (Å²) in [6, 6.07) is 65.4. The summed E-state index contributed by atoms with van der Waals surface area (Å²) in [6.07, 6.45) is 4.64. The van der Waals surface area contributed by atoms with Gasteiger partial charge < -0.3 is 14.7 Å². The summed E-state index contributed by atoms with van der Waals surface area (Å²) in [4.78, 5) is 7.81. The maximum absolute atomic E-state index is 2.71. The van der Waals surface area contributed by atoms with Gasteiger partial charge in [0.15, 0.2) is 0 Å². The first-order chi connectivity index (χ1) is 34.7. The zero-order valence-electron chi connectivity index (χ0n) is 45.4. The standard InChI is InChI=1S/C69H72BN3/c1-45-38-48(65(2,3)4)29-33-59(45)73-60-32-28-47(46-22-16-13-17-23-46)39-57(60)70-58-43-55-56(69(11,12)37-36-68(55,9)10)44-61(58)72(51-30-31-53-54(40-51)67(7,8)35-34-66(53,5)6)62-41-52(42-63(73)64(62)70)71(49-24-18-14-19-25-49)50-26-20-15-21-27-50/h13-33,38-44H,34-37H2,1-12H3. The third-order valence-corrected chi connectivity index (χ3v) is 17.8. The van der Waals surface area contributed by atoms with Crippen molar-refractivity contribution in [1.29, 1.82) is 0 Å². The number of para-hydroxylation sites is 2. The second-order valence-electron chi connectivity index (χ2n) is 25.6. The molecular weight excluding hydrogens is 882 g/mol. The van der Waals surface area contributed by atoms with Crippen LogP contribution in [0.15, 0.2) is 170 Å². The lowest BCUT2D eigenvalue weighted by molar-refractivity contribution is 0.332. The van der Waals surface area contributed by atoms with Crippen molar-refractivity contribution < 1.29 is 0 Å². The Balaban J connectivity index is 1.25. The van der Waals surface area contributed by atoms with Gasteiger partial charge in [-0.25, -0.2) is 0 Å². The normalized spacial score (nSPS) is 17.5. The van der Waals surface area contributed by atoms with Gasteiger partial charge in [-0.2, -0.15) is 0 Å². The molecule has 0 spiro atoms. The van der Waals surface area contributed by atoms with Crippen LogP contribution in [0.4, 0.5) is 51.2 Å². The van der Waals surface area contributed by atoms with Gasteiger partial charge in [0.25, 0.3) is 6.71 Å². The molecule has 12 rings (SSSR count). The summed E-state index contributed by atoms with van der Waals surface area (Å²) in [5, 5.41) is 0. The van der Waals surface area contributed by atoms with Gasteiger partial charge in [-0.1, -0.05) is 179 Å². The lowest BCUT2D eigenvalue weighted by Crippen LogP contribution is -2.62. The molecule has 0 amide bonds. The molecule has 0 bridgehead atoms. The molecule has 0 unspecified atom stereocenters. The summed E-state index contributed by atoms with van der Waals surface area (Å²) in [5.41, 5.74) is 26.0. The van der Waals surface area contributed by atoms with Crippen LogP contribution >= 0.6 is 0 Å². The van der Waals surface area contributed by atoms with Gasteiger partial charge in [0.2, 0.25) is 0 Å². The third-order valence-electron chi connectivity index (χ3n) is 17.8. The summed E-state index contributed by atoms with van der Waals surface area (Å²) in [6.45, 7) is 29.0. The van der Waals surface area contributed by atoms with Crippen molar-refractivity contribution in [2.75, 3.05) is 14.7 Å². The number of hydrogen-bond donors (Lipinski definition) is 0. The van der Waals surface area contributed by atoms with Crippen LogP contribution in [0, 0.1) is 6.92 Å². The molecular formula is C69H72BN3. The number of rotatable bonds is 6. The van der Waals surface area contributed by atoms with Gasteiger partial charge in [0.05, 0.1) is 5.69 Å². The van der Waals surface area contributed by atoms with Crippen molar-refractivity contribution >= 4 is 74.3 Å². The lowest BCUT2D eigenvalue weighted by atomic mass is 9.33. The van der Waals surface area contributed by atoms with E-state index in [2.05, 4.69) is 268 Å². The maximum atomic E-state index is 2.71. The Morgan fingerprint density at radius 1 is 0.411 bits per heavy atom. The van der Waals surface area contributed by atoms with E-state index < -0.39 is 0 Å². The molecule has 8 aromatic carbocycles. The number of aryl methyl sites for hydroxylation is 1. The van der Waals surface area contributed by atoms with Crippen LogP contribution in [0.2, 0.25) is 0 Å². The van der Waals surface area contributed by atoms with E-state index in [1.807, 2.05) is 0 Å². The van der Waals surface area contributed by atoms with Crippen molar-refractivity contribution in [3.05, 3.63) is 203 Å². The predicted molar refractivity (Wildman–Crippen MR) is 315 cm³/mol. The third kappa shape index (κ3) is 7.68. The Bertz CT molecular complexity index is 3430. The largest absolute Gasteiger partial charge is 0.311 e. The molecule has 0 atom stereocenters. The summed E-state index contributed by atoms with van der Waals surface area (Å²) >= 11 is 0. The van der Waals surface area contributed by atoms with E-state index in [-0.39, 0.29) is 33.8 Å². The minimum atomic E-state index is -0.0459. The smallest absolute Gasteiger partial charge is 0.252 e. The molecule has 0 radical (unpaired) electrons. The van der Waals surface area contributed by atoms with Gasteiger partial charge in [-0.3, -0.25) is 0 Å². The zero-order chi connectivity index (χ0) is 51.0. The molecule has 0 fully saturated rings. The molecule has 2 aliphatic heterocycles. The van der Waals surface area contributed by atoms with Crippen LogP contribution in [-0.4, -0.2) is 6.71 Å². The van der Waals surface area contributed by atoms with Crippen molar-refractivity contribution in [2.24, 2.45) is 0 Å².